The zero-order valence-electron chi connectivity index (χ0n) is 16.7. The predicted octanol–water partition coefficient (Wildman–Crippen LogP) is 4.73. The molecule has 0 amide bonds. The Morgan fingerprint density at radius 2 is 1.88 bits per heavy atom. The van der Waals surface area contributed by atoms with Crippen LogP contribution in [0.1, 0.15) is 25.3 Å². The molecule has 182 valence electrons. The van der Waals surface area contributed by atoms with Crippen molar-refractivity contribution in [2.24, 2.45) is 0 Å². The first-order valence-electron chi connectivity index (χ1n) is 9.14. The molecule has 1 aromatic rings. The molecule has 0 bridgehead atoms. The number of carbonyl (C=O) groups excluding carboxylic acids is 2. The molecule has 0 aliphatic carbocycles. The number of halogens is 5. The highest BCUT2D eigenvalue weighted by atomic mass is 35.5. The molecule has 2 rings (SSSR count). The molecule has 2 unspecified atom stereocenters. The van der Waals surface area contributed by atoms with Gasteiger partial charge in [0.05, 0.1) is 23.8 Å². The van der Waals surface area contributed by atoms with Gasteiger partial charge in [-0.05, 0) is 31.1 Å². The van der Waals surface area contributed by atoms with E-state index in [1.54, 1.807) is 0 Å². The van der Waals surface area contributed by atoms with Gasteiger partial charge in [0.2, 0.25) is 12.4 Å². The molecule has 1 aromatic carbocycles. The first kappa shape index (κ1) is 26.3. The summed E-state index contributed by atoms with van der Waals surface area (Å²) >= 11 is 11.7. The zero-order valence-corrected chi connectivity index (χ0v) is 18.2. The van der Waals surface area contributed by atoms with Crippen LogP contribution in [0.2, 0.25) is 10.0 Å². The van der Waals surface area contributed by atoms with Gasteiger partial charge >= 0.3 is 18.3 Å². The van der Waals surface area contributed by atoms with Crippen LogP contribution < -0.4 is 4.74 Å². The SMILES string of the molecule is CC(OC(=O)OCCCCO[N+](=O)[O-])OC(=O)C1=Cc2cc(Cl)cc(Cl)c2OC1C(F)(F)F. The highest BCUT2D eigenvalue weighted by Crippen LogP contribution is 2.42. The summed E-state index contributed by atoms with van der Waals surface area (Å²) in [6.07, 6.45) is -9.27. The summed E-state index contributed by atoms with van der Waals surface area (Å²) in [7, 11) is 0. The van der Waals surface area contributed by atoms with E-state index in [9.17, 15) is 32.9 Å². The maximum atomic E-state index is 13.5. The number of carbonyl (C=O) groups is 2. The van der Waals surface area contributed by atoms with Crippen molar-refractivity contribution in [3.8, 4) is 5.75 Å². The fourth-order valence-corrected chi connectivity index (χ4v) is 3.11. The van der Waals surface area contributed by atoms with Crippen molar-refractivity contribution < 1.29 is 51.6 Å². The fraction of sp³-hybridized carbons (Fsp3) is 0.444. The lowest BCUT2D eigenvalue weighted by atomic mass is 10.0. The van der Waals surface area contributed by atoms with Crippen LogP contribution in [0.25, 0.3) is 6.08 Å². The summed E-state index contributed by atoms with van der Waals surface area (Å²) in [5.74, 6) is -1.77. The van der Waals surface area contributed by atoms with Crippen LogP contribution in [0.4, 0.5) is 18.0 Å². The van der Waals surface area contributed by atoms with Crippen LogP contribution in [0.3, 0.4) is 0 Å². The summed E-state index contributed by atoms with van der Waals surface area (Å²) in [5.41, 5.74) is -0.892. The van der Waals surface area contributed by atoms with Crippen LogP contribution in [0.5, 0.6) is 5.75 Å². The highest BCUT2D eigenvalue weighted by molar-refractivity contribution is 6.36. The standard InChI is InChI=1S/C18H16Cl2F3NO9/c1-9(32-17(26)29-4-2-3-5-30-24(27)28)31-16(25)12-7-10-6-11(19)8-13(20)14(10)33-15(12)18(21,22)23/h6-9,15H,2-5H2,1H3. The smallest absolute Gasteiger partial charge is 0.474 e. The van der Waals surface area contributed by atoms with Gasteiger partial charge in [-0.1, -0.05) is 23.2 Å². The normalized spacial score (nSPS) is 15.9. The van der Waals surface area contributed by atoms with E-state index in [4.69, 9.17) is 32.7 Å². The van der Waals surface area contributed by atoms with Gasteiger partial charge in [0.1, 0.15) is 5.75 Å². The van der Waals surface area contributed by atoms with Crippen molar-refractivity contribution in [1.29, 1.82) is 0 Å². The quantitative estimate of drug-likeness (QED) is 0.150. The topological polar surface area (TPSA) is 123 Å². The van der Waals surface area contributed by atoms with E-state index in [-0.39, 0.29) is 47.4 Å². The molecule has 0 spiro atoms. The Hall–Kier alpha value is -2.93. The molecule has 0 aromatic heterocycles. The molecule has 15 heteroatoms. The second-order valence-corrected chi connectivity index (χ2v) is 7.24. The van der Waals surface area contributed by atoms with Gasteiger partial charge in [0.15, 0.2) is 0 Å². The molecule has 0 saturated heterocycles. The molecular formula is C18H16Cl2F3NO9. The number of hydrogen-bond acceptors (Lipinski definition) is 9. The van der Waals surface area contributed by atoms with Crippen LogP contribution >= 0.6 is 23.2 Å². The Bertz CT molecular complexity index is 939. The average Bonchev–Trinajstić information content (AvgIpc) is 2.68. The van der Waals surface area contributed by atoms with E-state index in [1.165, 1.54) is 12.1 Å². The van der Waals surface area contributed by atoms with E-state index in [0.29, 0.717) is 0 Å². The molecule has 1 aliphatic heterocycles. The van der Waals surface area contributed by atoms with Gasteiger partial charge in [-0.15, -0.1) is 10.1 Å². The summed E-state index contributed by atoms with van der Waals surface area (Å²) in [6, 6.07) is 2.43. The van der Waals surface area contributed by atoms with E-state index < -0.39 is 41.4 Å². The Kier molecular flexibility index (Phi) is 8.99. The predicted molar refractivity (Wildman–Crippen MR) is 105 cm³/mol. The molecule has 0 N–H and O–H groups in total. The number of alkyl halides is 3. The van der Waals surface area contributed by atoms with Gasteiger partial charge in [-0.25, -0.2) is 9.59 Å². The van der Waals surface area contributed by atoms with Crippen molar-refractivity contribution in [3.63, 3.8) is 0 Å². The minimum atomic E-state index is -4.99. The summed E-state index contributed by atoms with van der Waals surface area (Å²) in [5, 5.41) is 8.93. The van der Waals surface area contributed by atoms with Gasteiger partial charge in [0, 0.05) is 17.5 Å². The summed E-state index contributed by atoms with van der Waals surface area (Å²) in [6.45, 7) is 0.698. The van der Waals surface area contributed by atoms with Gasteiger partial charge in [0.25, 0.3) is 5.09 Å². The Morgan fingerprint density at radius 1 is 1.21 bits per heavy atom. The largest absolute Gasteiger partial charge is 0.511 e. The molecule has 0 saturated carbocycles. The average molecular weight is 518 g/mol. The number of rotatable bonds is 9. The minimum absolute atomic E-state index is 0.0222. The second-order valence-electron chi connectivity index (χ2n) is 6.40. The zero-order chi connectivity index (χ0) is 24.8. The Balaban J connectivity index is 1.98. The van der Waals surface area contributed by atoms with Crippen molar-refractivity contribution in [3.05, 3.63) is 43.4 Å². The molecule has 1 aliphatic rings. The molecular weight excluding hydrogens is 502 g/mol. The van der Waals surface area contributed by atoms with E-state index in [0.717, 1.165) is 13.0 Å². The lowest BCUT2D eigenvalue weighted by molar-refractivity contribution is -0.757. The minimum Gasteiger partial charge on any atom is -0.474 e. The number of fused-ring (bicyclic) bond motifs is 1. The number of hydrogen-bond donors (Lipinski definition) is 0. The van der Waals surface area contributed by atoms with Crippen LogP contribution in [0, 0.1) is 10.1 Å². The maximum Gasteiger partial charge on any atom is 0.511 e. The molecule has 2 atom stereocenters. The van der Waals surface area contributed by atoms with E-state index in [1.807, 2.05) is 0 Å². The Morgan fingerprint density at radius 3 is 2.52 bits per heavy atom. The van der Waals surface area contributed by atoms with Gasteiger partial charge in [-0.3, -0.25) is 0 Å². The van der Waals surface area contributed by atoms with Gasteiger partial charge in [-0.2, -0.15) is 13.2 Å². The third-order valence-electron chi connectivity index (χ3n) is 3.89. The first-order valence-corrected chi connectivity index (χ1v) is 9.89. The maximum absolute atomic E-state index is 13.5. The van der Waals surface area contributed by atoms with Crippen molar-refractivity contribution >= 4 is 41.4 Å². The van der Waals surface area contributed by atoms with Crippen molar-refractivity contribution in [1.82, 2.24) is 0 Å². The van der Waals surface area contributed by atoms with Crippen LogP contribution in [0.15, 0.2) is 17.7 Å². The Labute approximate surface area is 194 Å². The van der Waals surface area contributed by atoms with Crippen LogP contribution in [-0.2, 0) is 23.8 Å². The lowest BCUT2D eigenvalue weighted by Gasteiger charge is -2.29. The third-order valence-corrected chi connectivity index (χ3v) is 4.39. The third kappa shape index (κ3) is 7.86. The van der Waals surface area contributed by atoms with Crippen LogP contribution in [-0.4, -0.2) is 49.0 Å². The lowest BCUT2D eigenvalue weighted by Crippen LogP contribution is -2.41. The molecule has 10 nitrogen and oxygen atoms in total. The number of benzene rings is 1. The fourth-order valence-electron chi connectivity index (χ4n) is 2.56. The summed E-state index contributed by atoms with van der Waals surface area (Å²) < 4.78 is 59.4. The van der Waals surface area contributed by atoms with Crippen molar-refractivity contribution in [2.75, 3.05) is 13.2 Å². The molecule has 0 radical (unpaired) electrons. The number of ether oxygens (including phenoxy) is 4. The van der Waals surface area contributed by atoms with Crippen molar-refractivity contribution in [2.45, 2.75) is 38.3 Å². The number of nitrogens with zero attached hydrogens (tertiary/aromatic N) is 1. The highest BCUT2D eigenvalue weighted by Gasteiger charge is 2.49. The molecule has 0 fully saturated rings. The number of unbranched alkanes of at least 4 members (excludes halogenated alkanes) is 1. The molecule has 1 heterocycles. The second kappa shape index (κ2) is 11.3. The first-order chi connectivity index (χ1) is 15.4. The summed E-state index contributed by atoms with van der Waals surface area (Å²) in [4.78, 5) is 38.0. The monoisotopic (exact) mass is 517 g/mol. The molecule has 33 heavy (non-hydrogen) atoms. The van der Waals surface area contributed by atoms with E-state index in [2.05, 4.69) is 14.3 Å². The van der Waals surface area contributed by atoms with Gasteiger partial charge < -0.3 is 23.8 Å². The van der Waals surface area contributed by atoms with E-state index >= 15 is 0 Å². The number of esters is 1.